The molecule has 2 bridgehead atoms. The first-order valence-electron chi connectivity index (χ1n) is 10.3. The number of H-pyrrole nitrogens is 1. The van der Waals surface area contributed by atoms with E-state index < -0.39 is 0 Å². The van der Waals surface area contributed by atoms with Crippen LogP contribution in [0.15, 0.2) is 18.2 Å². The van der Waals surface area contributed by atoms with Gasteiger partial charge < -0.3 is 15.5 Å². The zero-order valence-electron chi connectivity index (χ0n) is 16.6. The third-order valence-electron chi connectivity index (χ3n) is 6.74. The zero-order chi connectivity index (χ0) is 19.3. The van der Waals surface area contributed by atoms with E-state index in [4.69, 9.17) is 0 Å². The quantitative estimate of drug-likeness (QED) is 0.711. The van der Waals surface area contributed by atoms with E-state index in [1.807, 2.05) is 24.0 Å². The molecule has 4 heterocycles. The maximum atomic E-state index is 13.2. The lowest BCUT2D eigenvalue weighted by atomic mass is 9.72. The van der Waals surface area contributed by atoms with Crippen molar-refractivity contribution in [3.8, 4) is 0 Å². The summed E-state index contributed by atoms with van der Waals surface area (Å²) in [5.74, 6) is 0.780. The predicted molar refractivity (Wildman–Crippen MR) is 113 cm³/mol. The van der Waals surface area contributed by atoms with E-state index in [-0.39, 0.29) is 42.2 Å². The molecule has 0 radical (unpaired) electrons. The Hall–Kier alpha value is -2.12. The number of nitrogens with zero attached hydrogens (tertiary/aromatic N) is 2. The van der Waals surface area contributed by atoms with Gasteiger partial charge in [0.15, 0.2) is 0 Å². The van der Waals surface area contributed by atoms with Gasteiger partial charge >= 0.3 is 0 Å². The highest BCUT2D eigenvalue weighted by molar-refractivity contribution is 5.89. The molecule has 3 fully saturated rings. The fraction of sp³-hybridized carbons (Fsp3) is 0.571. The summed E-state index contributed by atoms with van der Waals surface area (Å²) in [6, 6.07) is 5.94. The molecule has 156 valence electrons. The number of carbonyl (C=O) groups excluding carboxylic acids is 2. The van der Waals surface area contributed by atoms with Gasteiger partial charge in [-0.3, -0.25) is 14.7 Å². The van der Waals surface area contributed by atoms with Gasteiger partial charge in [-0.25, -0.2) is 0 Å². The van der Waals surface area contributed by atoms with Gasteiger partial charge in [-0.15, -0.1) is 12.4 Å². The van der Waals surface area contributed by atoms with Crippen molar-refractivity contribution in [3.63, 3.8) is 0 Å². The monoisotopic (exact) mass is 417 g/mol. The van der Waals surface area contributed by atoms with Gasteiger partial charge in [-0.2, -0.15) is 5.10 Å². The molecular formula is C21H28ClN5O2. The number of aryl methyl sites for hydroxylation is 1. The lowest BCUT2D eigenvalue weighted by Crippen LogP contribution is -2.67. The average Bonchev–Trinajstić information content (AvgIpc) is 3.09. The van der Waals surface area contributed by atoms with Gasteiger partial charge in [0.25, 0.3) is 0 Å². The highest BCUT2D eigenvalue weighted by Crippen LogP contribution is 2.39. The molecule has 3 saturated heterocycles. The van der Waals surface area contributed by atoms with Crippen molar-refractivity contribution in [2.75, 3.05) is 13.1 Å². The van der Waals surface area contributed by atoms with E-state index in [0.717, 1.165) is 54.5 Å². The first-order valence-corrected chi connectivity index (χ1v) is 10.3. The molecule has 3 aliphatic rings. The normalized spacial score (nSPS) is 28.6. The molecule has 4 atom stereocenters. The molecule has 0 aliphatic carbocycles. The fourth-order valence-electron chi connectivity index (χ4n) is 5.44. The van der Waals surface area contributed by atoms with E-state index in [2.05, 4.69) is 26.9 Å². The Morgan fingerprint density at radius 3 is 3.00 bits per heavy atom. The lowest BCUT2D eigenvalue weighted by Gasteiger charge is -2.53. The molecule has 3 N–H and O–H groups in total. The number of nitrogens with one attached hydrogen (secondary N) is 3. The van der Waals surface area contributed by atoms with E-state index >= 15 is 0 Å². The first-order chi connectivity index (χ1) is 13.6. The van der Waals surface area contributed by atoms with Crippen LogP contribution in [-0.2, 0) is 16.1 Å². The van der Waals surface area contributed by atoms with E-state index in [1.165, 1.54) is 0 Å². The van der Waals surface area contributed by atoms with Crippen LogP contribution in [0, 0.1) is 18.8 Å². The summed E-state index contributed by atoms with van der Waals surface area (Å²) in [6.45, 7) is 4.20. The van der Waals surface area contributed by atoms with Crippen LogP contribution in [0.3, 0.4) is 0 Å². The van der Waals surface area contributed by atoms with Crippen molar-refractivity contribution < 1.29 is 9.59 Å². The van der Waals surface area contributed by atoms with Gasteiger partial charge in [0.05, 0.1) is 17.8 Å². The summed E-state index contributed by atoms with van der Waals surface area (Å²) in [7, 11) is 0. The maximum Gasteiger partial charge on any atom is 0.243 e. The number of aromatic nitrogens is 2. The number of hydrogen-bond acceptors (Lipinski definition) is 4. The molecule has 8 heteroatoms. The third kappa shape index (κ3) is 3.51. The molecule has 29 heavy (non-hydrogen) atoms. The highest BCUT2D eigenvalue weighted by atomic mass is 35.5. The second kappa shape index (κ2) is 7.95. The number of carbonyl (C=O) groups is 2. The number of benzene rings is 1. The molecule has 1 aromatic heterocycles. The van der Waals surface area contributed by atoms with Crippen LogP contribution in [-0.4, -0.2) is 52.1 Å². The molecular weight excluding hydrogens is 390 g/mol. The smallest absolute Gasteiger partial charge is 0.243 e. The van der Waals surface area contributed by atoms with Crippen LogP contribution in [0.1, 0.15) is 36.9 Å². The van der Waals surface area contributed by atoms with Crippen LogP contribution in [0.25, 0.3) is 10.9 Å². The van der Waals surface area contributed by atoms with E-state index in [9.17, 15) is 9.59 Å². The largest absolute Gasteiger partial charge is 0.349 e. The minimum absolute atomic E-state index is 0. The Kier molecular flexibility index (Phi) is 5.53. The van der Waals surface area contributed by atoms with Crippen molar-refractivity contribution >= 4 is 35.1 Å². The van der Waals surface area contributed by atoms with Crippen LogP contribution in [0.5, 0.6) is 0 Å². The number of halogens is 1. The summed E-state index contributed by atoms with van der Waals surface area (Å²) in [4.78, 5) is 27.9. The fourth-order valence-corrected chi connectivity index (χ4v) is 5.44. The summed E-state index contributed by atoms with van der Waals surface area (Å²) in [5, 5.41) is 15.0. The standard InChI is InChI=1S/C21H27N5O2.ClH/c1-12-5-6-16-15(7-12)17(25-24-16)11-23-21(28)20-14-8-13(9-22-10-14)18-3-2-4-19(27)26(18)20;/h5-7,13-14,18,20,22H,2-4,8-11H2,1H3,(H,23,28)(H,24,25);1H/t13-,14+,18+,20-;/m1./s1. The lowest BCUT2D eigenvalue weighted by molar-refractivity contribution is -0.157. The van der Waals surface area contributed by atoms with Gasteiger partial charge in [0, 0.05) is 30.3 Å². The van der Waals surface area contributed by atoms with Crippen LogP contribution >= 0.6 is 12.4 Å². The Morgan fingerprint density at radius 2 is 2.14 bits per heavy atom. The Morgan fingerprint density at radius 1 is 1.31 bits per heavy atom. The third-order valence-corrected chi connectivity index (χ3v) is 6.74. The van der Waals surface area contributed by atoms with E-state index in [1.54, 1.807) is 0 Å². The summed E-state index contributed by atoms with van der Waals surface area (Å²) < 4.78 is 0. The number of rotatable bonds is 3. The molecule has 3 aliphatic heterocycles. The van der Waals surface area contributed by atoms with Crippen molar-refractivity contribution in [2.24, 2.45) is 11.8 Å². The minimum atomic E-state index is -0.363. The molecule has 0 unspecified atom stereocenters. The second-order valence-corrected chi connectivity index (χ2v) is 8.56. The molecule has 0 spiro atoms. The topological polar surface area (TPSA) is 90.1 Å². The number of fused-ring (bicyclic) bond motifs is 5. The second-order valence-electron chi connectivity index (χ2n) is 8.56. The summed E-state index contributed by atoms with van der Waals surface area (Å²) in [6.07, 6.45) is 3.55. The van der Waals surface area contributed by atoms with Gasteiger partial charge in [0.2, 0.25) is 11.8 Å². The van der Waals surface area contributed by atoms with Crippen LogP contribution in [0.4, 0.5) is 0 Å². The highest BCUT2D eigenvalue weighted by Gasteiger charge is 2.50. The van der Waals surface area contributed by atoms with Gasteiger partial charge in [-0.05, 0) is 50.8 Å². The number of piperidine rings is 3. The average molecular weight is 418 g/mol. The molecule has 1 aromatic carbocycles. The van der Waals surface area contributed by atoms with Crippen molar-refractivity contribution in [3.05, 3.63) is 29.5 Å². The Labute approximate surface area is 176 Å². The van der Waals surface area contributed by atoms with Gasteiger partial charge in [0.1, 0.15) is 6.04 Å². The number of aromatic amines is 1. The number of amides is 2. The Balaban J connectivity index is 0.00000205. The van der Waals surface area contributed by atoms with Crippen molar-refractivity contribution in [2.45, 2.75) is 51.2 Å². The molecule has 2 amide bonds. The molecule has 0 saturated carbocycles. The van der Waals surface area contributed by atoms with Crippen molar-refractivity contribution in [1.82, 2.24) is 25.7 Å². The molecule has 7 nitrogen and oxygen atoms in total. The zero-order valence-corrected chi connectivity index (χ0v) is 17.4. The van der Waals surface area contributed by atoms with Gasteiger partial charge in [-0.1, -0.05) is 11.6 Å². The molecule has 5 rings (SSSR count). The minimum Gasteiger partial charge on any atom is -0.349 e. The summed E-state index contributed by atoms with van der Waals surface area (Å²) in [5.41, 5.74) is 2.97. The predicted octanol–water partition coefficient (Wildman–Crippen LogP) is 1.90. The van der Waals surface area contributed by atoms with Crippen molar-refractivity contribution in [1.29, 1.82) is 0 Å². The maximum absolute atomic E-state index is 13.2. The first kappa shape index (κ1) is 20.2. The summed E-state index contributed by atoms with van der Waals surface area (Å²) >= 11 is 0. The Bertz CT molecular complexity index is 929. The SMILES string of the molecule is Cc1ccc2n[nH]c(CNC(=O)[C@H]3[C@@H]4CNC[C@@H](C4)[C@@H]4CCCC(=O)N43)c2c1.Cl. The molecule has 2 aromatic rings. The van der Waals surface area contributed by atoms with E-state index in [0.29, 0.717) is 18.9 Å². The van der Waals surface area contributed by atoms with Crippen LogP contribution < -0.4 is 10.6 Å². The number of hydrogen-bond donors (Lipinski definition) is 3. The van der Waals surface area contributed by atoms with Crippen LogP contribution in [0.2, 0.25) is 0 Å².